The summed E-state index contributed by atoms with van der Waals surface area (Å²) < 4.78 is 16.9. The molecule has 4 aromatic rings. The van der Waals surface area contributed by atoms with Crippen molar-refractivity contribution in [3.8, 4) is 22.5 Å². The van der Waals surface area contributed by atoms with Crippen LogP contribution < -0.4 is 5.32 Å². The first-order valence-electron chi connectivity index (χ1n) is 10.8. The Morgan fingerprint density at radius 3 is 2.82 bits per heavy atom. The van der Waals surface area contributed by atoms with Gasteiger partial charge in [0.15, 0.2) is 0 Å². The normalized spacial score (nSPS) is 15.1. The standard InChI is InChI=1S/C24H22FN7O/c1-13-3-16(28-22(33)12-32-10-14-4-17(32)5-14)6-19(25)23(13)20-7-18-21(9-26-20)29-30-24(18)15-8-27-31(2)11-15/h3,6-11,17H,4-5,12H2,1-2H3,(H,28,33)(H,29,30). The number of aromatic amines is 1. The van der Waals surface area contributed by atoms with E-state index in [0.717, 1.165) is 35.0 Å². The number of fused-ring (bicyclic) bond motifs is 2. The van der Waals surface area contributed by atoms with Crippen LogP contribution in [0, 0.1) is 12.7 Å². The van der Waals surface area contributed by atoms with Gasteiger partial charge in [0.25, 0.3) is 0 Å². The van der Waals surface area contributed by atoms with E-state index in [-0.39, 0.29) is 12.5 Å². The third-order valence-corrected chi connectivity index (χ3v) is 6.39. The van der Waals surface area contributed by atoms with E-state index in [2.05, 4.69) is 36.7 Å². The third kappa shape index (κ3) is 3.36. The van der Waals surface area contributed by atoms with Crippen LogP contribution in [0.5, 0.6) is 0 Å². The lowest BCUT2D eigenvalue weighted by atomic mass is 9.91. The summed E-state index contributed by atoms with van der Waals surface area (Å²) >= 11 is 0. The van der Waals surface area contributed by atoms with E-state index < -0.39 is 5.82 Å². The average molecular weight is 443 g/mol. The summed E-state index contributed by atoms with van der Waals surface area (Å²) in [6.45, 7) is 2.10. The van der Waals surface area contributed by atoms with E-state index in [9.17, 15) is 4.79 Å². The van der Waals surface area contributed by atoms with Crippen LogP contribution in [0.2, 0.25) is 0 Å². The van der Waals surface area contributed by atoms with Crippen molar-refractivity contribution in [2.24, 2.45) is 7.05 Å². The molecule has 0 unspecified atom stereocenters. The Balaban J connectivity index is 1.28. The largest absolute Gasteiger partial charge is 0.365 e. The predicted molar refractivity (Wildman–Crippen MR) is 123 cm³/mol. The van der Waals surface area contributed by atoms with Gasteiger partial charge in [0.2, 0.25) is 5.91 Å². The molecule has 5 heterocycles. The van der Waals surface area contributed by atoms with Crippen LogP contribution >= 0.6 is 0 Å². The van der Waals surface area contributed by atoms with E-state index in [4.69, 9.17) is 0 Å². The highest BCUT2D eigenvalue weighted by molar-refractivity contribution is 5.95. The summed E-state index contributed by atoms with van der Waals surface area (Å²) in [6.07, 6.45) is 9.46. The van der Waals surface area contributed by atoms with Gasteiger partial charge < -0.3 is 10.2 Å². The molecule has 1 amide bonds. The highest BCUT2D eigenvalue weighted by Gasteiger charge is 2.35. The molecule has 2 bridgehead atoms. The molecule has 166 valence electrons. The van der Waals surface area contributed by atoms with Crippen molar-refractivity contribution in [3.63, 3.8) is 0 Å². The summed E-state index contributed by atoms with van der Waals surface area (Å²) in [7, 11) is 1.84. The molecule has 3 aromatic heterocycles. The van der Waals surface area contributed by atoms with Crippen molar-refractivity contribution in [2.45, 2.75) is 25.8 Å². The highest BCUT2D eigenvalue weighted by Crippen LogP contribution is 2.38. The van der Waals surface area contributed by atoms with Gasteiger partial charge in [-0.3, -0.25) is 19.6 Å². The average Bonchev–Trinajstić information content (AvgIpc) is 3.50. The maximum absolute atomic E-state index is 15.2. The molecule has 9 heteroatoms. The summed E-state index contributed by atoms with van der Waals surface area (Å²) in [5.41, 5.74) is 5.79. The zero-order chi connectivity index (χ0) is 22.7. The van der Waals surface area contributed by atoms with E-state index in [1.54, 1.807) is 23.1 Å². The summed E-state index contributed by atoms with van der Waals surface area (Å²) in [5, 5.41) is 15.2. The van der Waals surface area contributed by atoms with Crippen molar-refractivity contribution < 1.29 is 9.18 Å². The second-order valence-electron chi connectivity index (χ2n) is 8.81. The molecule has 1 aliphatic carbocycles. The molecule has 33 heavy (non-hydrogen) atoms. The van der Waals surface area contributed by atoms with Crippen molar-refractivity contribution in [3.05, 3.63) is 59.9 Å². The van der Waals surface area contributed by atoms with Crippen LogP contribution in [0.1, 0.15) is 18.4 Å². The molecule has 0 radical (unpaired) electrons. The Hall–Kier alpha value is -4.01. The number of pyridine rings is 1. The second-order valence-corrected chi connectivity index (χ2v) is 8.81. The Morgan fingerprint density at radius 1 is 1.27 bits per heavy atom. The maximum Gasteiger partial charge on any atom is 0.243 e. The molecular weight excluding hydrogens is 421 g/mol. The zero-order valence-electron chi connectivity index (χ0n) is 18.3. The Morgan fingerprint density at radius 2 is 2.12 bits per heavy atom. The number of anilines is 1. The summed E-state index contributed by atoms with van der Waals surface area (Å²) in [6, 6.07) is 5.41. The minimum atomic E-state index is -0.436. The summed E-state index contributed by atoms with van der Waals surface area (Å²) in [5.74, 6) is -0.584. The van der Waals surface area contributed by atoms with Crippen molar-refractivity contribution in [2.75, 3.05) is 11.9 Å². The zero-order valence-corrected chi connectivity index (χ0v) is 18.3. The van der Waals surface area contributed by atoms with Gasteiger partial charge in [-0.2, -0.15) is 10.2 Å². The number of aromatic nitrogens is 5. The fraction of sp³-hybridized carbons (Fsp3) is 0.250. The predicted octanol–water partition coefficient (Wildman–Crippen LogP) is 3.77. The fourth-order valence-corrected chi connectivity index (χ4v) is 4.72. The monoisotopic (exact) mass is 443 g/mol. The van der Waals surface area contributed by atoms with E-state index >= 15 is 4.39 Å². The van der Waals surface area contributed by atoms with Gasteiger partial charge in [-0.25, -0.2) is 4.39 Å². The quantitative estimate of drug-likeness (QED) is 0.490. The summed E-state index contributed by atoms with van der Waals surface area (Å²) in [4.78, 5) is 19.0. The maximum atomic E-state index is 15.2. The number of aryl methyl sites for hydroxylation is 2. The Kier molecular flexibility index (Phi) is 4.33. The lowest BCUT2D eigenvalue weighted by Gasteiger charge is -2.27. The van der Waals surface area contributed by atoms with E-state index in [1.165, 1.54) is 11.6 Å². The van der Waals surface area contributed by atoms with Crippen molar-refractivity contribution in [1.29, 1.82) is 0 Å². The number of nitrogens with zero attached hydrogens (tertiary/aromatic N) is 5. The molecule has 0 saturated heterocycles. The van der Waals surface area contributed by atoms with Crippen LogP contribution in [0.15, 0.2) is 48.6 Å². The van der Waals surface area contributed by atoms with Crippen molar-refractivity contribution in [1.82, 2.24) is 29.9 Å². The number of halogens is 1. The smallest absolute Gasteiger partial charge is 0.243 e. The number of benzene rings is 1. The number of hydrogen-bond acceptors (Lipinski definition) is 5. The van der Waals surface area contributed by atoms with Gasteiger partial charge in [0, 0.05) is 41.5 Å². The van der Waals surface area contributed by atoms with Crippen LogP contribution in [0.25, 0.3) is 33.4 Å². The van der Waals surface area contributed by atoms with E-state index in [0.29, 0.717) is 28.6 Å². The number of carbonyl (C=O) groups is 1. The number of nitrogens with one attached hydrogen (secondary N) is 2. The first kappa shape index (κ1) is 19.7. The molecule has 1 aromatic carbocycles. The number of carbonyl (C=O) groups excluding carboxylic acids is 1. The van der Waals surface area contributed by atoms with Gasteiger partial charge in [0.1, 0.15) is 11.5 Å². The molecule has 2 aliphatic heterocycles. The molecule has 7 rings (SSSR count). The topological polar surface area (TPSA) is 91.7 Å². The molecule has 0 spiro atoms. The van der Waals surface area contributed by atoms with Crippen LogP contribution in [-0.4, -0.2) is 48.4 Å². The van der Waals surface area contributed by atoms with Crippen LogP contribution in [0.3, 0.4) is 0 Å². The molecule has 0 atom stereocenters. The second kappa shape index (κ2) is 7.26. The first-order chi connectivity index (χ1) is 15.9. The number of rotatable bonds is 5. The minimum Gasteiger partial charge on any atom is -0.365 e. The molecule has 3 aliphatic rings. The minimum absolute atomic E-state index is 0.148. The third-order valence-electron chi connectivity index (χ3n) is 6.39. The van der Waals surface area contributed by atoms with Crippen LogP contribution in [-0.2, 0) is 11.8 Å². The molecule has 2 N–H and O–H groups in total. The van der Waals surface area contributed by atoms with Crippen LogP contribution in [0.4, 0.5) is 10.1 Å². The first-order valence-corrected chi connectivity index (χ1v) is 10.8. The lowest BCUT2D eigenvalue weighted by Crippen LogP contribution is -2.35. The molecule has 1 fully saturated rings. The number of H-pyrrole nitrogens is 1. The van der Waals surface area contributed by atoms with Gasteiger partial charge in [-0.05, 0) is 49.7 Å². The number of hydrogen-bond donors (Lipinski definition) is 2. The van der Waals surface area contributed by atoms with Gasteiger partial charge in [-0.1, -0.05) is 5.57 Å². The molecule has 8 nitrogen and oxygen atoms in total. The Bertz CT molecular complexity index is 1420. The Labute approximate surface area is 189 Å². The van der Waals surface area contributed by atoms with Gasteiger partial charge in [-0.15, -0.1) is 0 Å². The van der Waals surface area contributed by atoms with Gasteiger partial charge in [0.05, 0.1) is 30.1 Å². The highest BCUT2D eigenvalue weighted by atomic mass is 19.1. The molecule has 1 saturated carbocycles. The number of amides is 1. The lowest BCUT2D eigenvalue weighted by molar-refractivity contribution is -0.117. The van der Waals surface area contributed by atoms with E-state index in [1.807, 2.05) is 26.2 Å². The SMILES string of the molecule is Cc1cc(NC(=O)CN2C=C3CC2C3)cc(F)c1-c1cc2c(-c3cnn(C)c3)n[nH]c2cn1. The van der Waals surface area contributed by atoms with Gasteiger partial charge >= 0.3 is 0 Å². The van der Waals surface area contributed by atoms with Crippen molar-refractivity contribution >= 4 is 22.5 Å². The molecular formula is C24H22FN7O. The fourth-order valence-electron chi connectivity index (χ4n) is 4.72.